The lowest BCUT2D eigenvalue weighted by atomic mass is 9.68. The molecule has 0 bridgehead atoms. The van der Waals surface area contributed by atoms with Crippen LogP contribution in [-0.2, 0) is 5.41 Å². The first-order valence-corrected chi connectivity index (χ1v) is 7.70. The van der Waals surface area contributed by atoms with Crippen LogP contribution in [0.1, 0.15) is 22.3 Å². The minimum Gasteiger partial charge on any atom is -0.461 e. The van der Waals surface area contributed by atoms with Crippen molar-refractivity contribution in [1.82, 2.24) is 0 Å². The third-order valence-corrected chi connectivity index (χ3v) is 4.76. The minimum atomic E-state index is -0.382. The largest absolute Gasteiger partial charge is 0.461 e. The summed E-state index contributed by atoms with van der Waals surface area (Å²) in [4.78, 5) is 0. The molecule has 110 valence electrons. The summed E-state index contributed by atoms with van der Waals surface area (Å²) in [5, 5.41) is 0. The Balaban J connectivity index is 1.96. The minimum absolute atomic E-state index is 0.382. The molecule has 0 atom stereocenters. The van der Waals surface area contributed by atoms with E-state index in [-0.39, 0.29) is 5.41 Å². The summed E-state index contributed by atoms with van der Waals surface area (Å²) in [5.74, 6) is 1.66. The molecular weight excluding hydrogens is 284 g/mol. The Morgan fingerprint density at radius 2 is 0.957 bits per heavy atom. The van der Waals surface area contributed by atoms with Crippen molar-refractivity contribution in [3.05, 3.63) is 108 Å². The number of furan rings is 2. The average Bonchev–Trinajstić information content (AvgIpc) is 3.30. The van der Waals surface area contributed by atoms with Gasteiger partial charge in [0.1, 0.15) is 0 Å². The fourth-order valence-electron chi connectivity index (χ4n) is 3.87. The summed E-state index contributed by atoms with van der Waals surface area (Å²) in [6, 6.07) is 25.2. The molecule has 0 radical (unpaired) electrons. The molecule has 0 spiro atoms. The molecule has 2 aromatic heterocycles. The van der Waals surface area contributed by atoms with Crippen molar-refractivity contribution in [3.8, 4) is 11.5 Å². The maximum atomic E-state index is 5.77. The second-order valence-electron chi connectivity index (χ2n) is 5.81. The highest BCUT2D eigenvalue weighted by atomic mass is 16.4. The first-order valence-electron chi connectivity index (χ1n) is 7.70. The van der Waals surface area contributed by atoms with Gasteiger partial charge >= 0.3 is 0 Å². The van der Waals surface area contributed by atoms with Gasteiger partial charge in [-0.05, 0) is 23.3 Å². The van der Waals surface area contributed by atoms with E-state index in [4.69, 9.17) is 8.83 Å². The van der Waals surface area contributed by atoms with Gasteiger partial charge in [0.2, 0.25) is 0 Å². The summed E-state index contributed by atoms with van der Waals surface area (Å²) < 4.78 is 11.5. The number of benzene rings is 2. The van der Waals surface area contributed by atoms with Crippen LogP contribution in [0.15, 0.2) is 94.2 Å². The molecule has 0 N–H and O–H groups in total. The molecule has 23 heavy (non-hydrogen) atoms. The Morgan fingerprint density at radius 3 is 1.39 bits per heavy atom. The standard InChI is InChI=1S/C21H14O2/c1-3-7-15(8-4-1)21(16-9-5-2-6-10-16)17-11-13-22-19(17)20-18(21)12-14-23-20/h1-14H. The Hall–Kier alpha value is -3.00. The number of hydrogen-bond acceptors (Lipinski definition) is 2. The molecule has 0 aliphatic heterocycles. The highest BCUT2D eigenvalue weighted by Crippen LogP contribution is 2.56. The van der Waals surface area contributed by atoms with Crippen LogP contribution in [0.3, 0.4) is 0 Å². The van der Waals surface area contributed by atoms with Crippen LogP contribution in [0.2, 0.25) is 0 Å². The molecule has 2 heteroatoms. The lowest BCUT2D eigenvalue weighted by Crippen LogP contribution is -2.27. The summed E-state index contributed by atoms with van der Waals surface area (Å²) in [5.41, 5.74) is 4.34. The highest BCUT2D eigenvalue weighted by molar-refractivity contribution is 5.79. The Bertz CT molecular complexity index is 880. The number of rotatable bonds is 2. The van der Waals surface area contributed by atoms with Gasteiger partial charge in [0.15, 0.2) is 11.5 Å². The zero-order valence-electron chi connectivity index (χ0n) is 12.4. The van der Waals surface area contributed by atoms with Gasteiger partial charge in [-0.3, -0.25) is 0 Å². The van der Waals surface area contributed by atoms with E-state index < -0.39 is 0 Å². The lowest BCUT2D eigenvalue weighted by molar-refractivity contribution is 0.525. The second kappa shape index (κ2) is 4.50. The van der Waals surface area contributed by atoms with Crippen LogP contribution < -0.4 is 0 Å². The smallest absolute Gasteiger partial charge is 0.174 e. The molecule has 4 aromatic rings. The van der Waals surface area contributed by atoms with E-state index in [9.17, 15) is 0 Å². The van der Waals surface area contributed by atoms with Crippen LogP contribution in [0.4, 0.5) is 0 Å². The molecule has 0 amide bonds. The lowest BCUT2D eigenvalue weighted by Gasteiger charge is -2.31. The van der Waals surface area contributed by atoms with E-state index in [1.54, 1.807) is 12.5 Å². The molecule has 0 fully saturated rings. The number of hydrogen-bond donors (Lipinski definition) is 0. The number of fused-ring (bicyclic) bond motifs is 3. The average molecular weight is 298 g/mol. The van der Waals surface area contributed by atoms with Crippen molar-refractivity contribution in [2.75, 3.05) is 0 Å². The highest BCUT2D eigenvalue weighted by Gasteiger charge is 2.49. The first kappa shape index (κ1) is 12.5. The van der Waals surface area contributed by atoms with E-state index in [2.05, 4.69) is 60.7 Å². The van der Waals surface area contributed by atoms with E-state index in [0.29, 0.717) is 0 Å². The normalized spacial score (nSPS) is 14.4. The first-order chi connectivity index (χ1) is 11.4. The quantitative estimate of drug-likeness (QED) is 0.446. The van der Waals surface area contributed by atoms with E-state index >= 15 is 0 Å². The molecule has 0 saturated carbocycles. The summed E-state index contributed by atoms with van der Waals surface area (Å²) in [6.45, 7) is 0. The molecule has 0 unspecified atom stereocenters. The molecular formula is C21H14O2. The molecule has 2 aromatic carbocycles. The maximum Gasteiger partial charge on any atom is 0.174 e. The van der Waals surface area contributed by atoms with Gasteiger partial charge in [0.25, 0.3) is 0 Å². The predicted octanol–water partition coefficient (Wildman–Crippen LogP) is 5.24. The molecule has 1 aliphatic carbocycles. The van der Waals surface area contributed by atoms with Gasteiger partial charge in [-0.15, -0.1) is 0 Å². The Labute approximate surface area is 134 Å². The van der Waals surface area contributed by atoms with Crippen LogP contribution in [0, 0.1) is 0 Å². The van der Waals surface area contributed by atoms with Gasteiger partial charge in [-0.25, -0.2) is 0 Å². The van der Waals surface area contributed by atoms with Crippen molar-refractivity contribution in [2.24, 2.45) is 0 Å². The van der Waals surface area contributed by atoms with Crippen molar-refractivity contribution in [1.29, 1.82) is 0 Å². The zero-order chi connectivity index (χ0) is 15.3. The van der Waals surface area contributed by atoms with Gasteiger partial charge in [-0.2, -0.15) is 0 Å². The maximum absolute atomic E-state index is 5.77. The Morgan fingerprint density at radius 1 is 0.522 bits per heavy atom. The molecule has 1 aliphatic rings. The van der Waals surface area contributed by atoms with Crippen molar-refractivity contribution in [2.45, 2.75) is 5.41 Å². The third-order valence-electron chi connectivity index (χ3n) is 4.76. The summed E-state index contributed by atoms with van der Waals surface area (Å²) in [6.07, 6.45) is 3.49. The van der Waals surface area contributed by atoms with Crippen molar-refractivity contribution in [3.63, 3.8) is 0 Å². The van der Waals surface area contributed by atoms with Crippen LogP contribution in [0.5, 0.6) is 0 Å². The fourth-order valence-corrected chi connectivity index (χ4v) is 3.87. The van der Waals surface area contributed by atoms with Crippen LogP contribution in [-0.4, -0.2) is 0 Å². The van der Waals surface area contributed by atoms with E-state index in [1.165, 1.54) is 11.1 Å². The second-order valence-corrected chi connectivity index (χ2v) is 5.81. The molecule has 2 nitrogen and oxygen atoms in total. The van der Waals surface area contributed by atoms with Crippen molar-refractivity contribution < 1.29 is 8.83 Å². The van der Waals surface area contributed by atoms with Gasteiger partial charge < -0.3 is 8.83 Å². The monoisotopic (exact) mass is 298 g/mol. The molecule has 5 rings (SSSR count). The van der Waals surface area contributed by atoms with Gasteiger partial charge in [0.05, 0.1) is 17.9 Å². The molecule has 0 saturated heterocycles. The van der Waals surface area contributed by atoms with Crippen LogP contribution in [0.25, 0.3) is 11.5 Å². The third kappa shape index (κ3) is 1.48. The Kier molecular flexibility index (Phi) is 2.45. The fraction of sp³-hybridized carbons (Fsp3) is 0.0476. The van der Waals surface area contributed by atoms with Crippen molar-refractivity contribution >= 4 is 0 Å². The molecule has 2 heterocycles. The summed E-state index contributed by atoms with van der Waals surface area (Å²) in [7, 11) is 0. The topological polar surface area (TPSA) is 26.3 Å². The predicted molar refractivity (Wildman–Crippen MR) is 88.3 cm³/mol. The zero-order valence-corrected chi connectivity index (χ0v) is 12.4. The van der Waals surface area contributed by atoms with Gasteiger partial charge in [-0.1, -0.05) is 60.7 Å². The van der Waals surface area contributed by atoms with E-state index in [1.807, 2.05) is 12.1 Å². The van der Waals surface area contributed by atoms with Crippen LogP contribution >= 0.6 is 0 Å². The SMILES string of the molecule is c1ccc(C2(c3ccccc3)c3ccoc3-c3occc32)cc1. The summed E-state index contributed by atoms with van der Waals surface area (Å²) >= 11 is 0. The van der Waals surface area contributed by atoms with E-state index in [0.717, 1.165) is 22.6 Å². The van der Waals surface area contributed by atoms with Gasteiger partial charge in [0, 0.05) is 11.1 Å².